The number of ether oxygens (including phenoxy) is 4. The number of phosphoric acid groups is 1. The molecule has 42 heavy (non-hydrogen) atoms. The first-order valence-corrected chi connectivity index (χ1v) is 15.9. The Bertz CT molecular complexity index is 1020. The minimum absolute atomic E-state index is 0.0607. The molecule has 1 aromatic carbocycles. The van der Waals surface area contributed by atoms with E-state index >= 15 is 0 Å². The van der Waals surface area contributed by atoms with Crippen molar-refractivity contribution in [3.8, 4) is 11.5 Å². The van der Waals surface area contributed by atoms with E-state index in [0.29, 0.717) is 12.8 Å². The van der Waals surface area contributed by atoms with Crippen molar-refractivity contribution in [2.24, 2.45) is 0 Å². The monoisotopic (exact) mass is 619 g/mol. The third-order valence-electron chi connectivity index (χ3n) is 6.29. The summed E-state index contributed by atoms with van der Waals surface area (Å²) in [6.07, 6.45) is 8.55. The Kier molecular flexibility index (Phi) is 18.7. The van der Waals surface area contributed by atoms with Crippen LogP contribution < -0.4 is 9.47 Å². The smallest absolute Gasteiger partial charge is 0.472 e. The van der Waals surface area contributed by atoms with Gasteiger partial charge in [-0.2, -0.15) is 0 Å². The van der Waals surface area contributed by atoms with Crippen LogP contribution in [0.2, 0.25) is 0 Å². The molecular weight excluding hydrogens is 573 g/mol. The number of nitro groups is 1. The molecule has 0 aliphatic carbocycles. The van der Waals surface area contributed by atoms with Gasteiger partial charge in [-0.15, -0.1) is 0 Å². The average molecular weight is 620 g/mol. The molecule has 0 bridgehead atoms. The highest BCUT2D eigenvalue weighted by Gasteiger charge is 2.28. The normalized spacial score (nSPS) is 13.2. The van der Waals surface area contributed by atoms with Crippen LogP contribution in [0.5, 0.6) is 11.5 Å². The second kappa shape index (κ2) is 21.0. The van der Waals surface area contributed by atoms with Gasteiger partial charge in [0.25, 0.3) is 5.69 Å². The molecule has 0 aliphatic heterocycles. The van der Waals surface area contributed by atoms with E-state index in [2.05, 4.69) is 13.8 Å². The second-order valence-corrected chi connectivity index (χ2v) is 11.2. The van der Waals surface area contributed by atoms with Crippen molar-refractivity contribution in [2.75, 3.05) is 27.4 Å². The molecule has 1 N–H and O–H groups in total. The fourth-order valence-corrected chi connectivity index (χ4v) is 4.66. The number of benzene rings is 1. The van der Waals surface area contributed by atoms with Crippen LogP contribution in [-0.2, 0) is 39.3 Å². The lowest BCUT2D eigenvalue weighted by molar-refractivity contribution is -0.385. The maximum Gasteiger partial charge on any atom is 0.472 e. The maximum atomic E-state index is 12.6. The lowest BCUT2D eigenvalue weighted by Crippen LogP contribution is -2.29. The summed E-state index contributed by atoms with van der Waals surface area (Å²) in [4.78, 5) is 45.6. The van der Waals surface area contributed by atoms with Gasteiger partial charge in [-0.1, -0.05) is 65.2 Å². The number of carbonyl (C=O) groups excluding carboxylic acids is 2. The summed E-state index contributed by atoms with van der Waals surface area (Å²) >= 11 is 0. The SMILES string of the molecule is CCCCCCCC(=O)OC[C@H](COP(=O)(O)OCc1cc(OC)c(OC)cc1[N+](=O)[O-])OC(=O)CCCCCCC. The van der Waals surface area contributed by atoms with Gasteiger partial charge in [-0.25, -0.2) is 4.57 Å². The first kappa shape index (κ1) is 37.3. The Hall–Kier alpha value is -2.73. The number of esters is 2. The van der Waals surface area contributed by atoms with Gasteiger partial charge < -0.3 is 23.8 Å². The van der Waals surface area contributed by atoms with Gasteiger partial charge in [0, 0.05) is 12.8 Å². The van der Waals surface area contributed by atoms with E-state index in [1.54, 1.807) is 0 Å². The molecule has 240 valence electrons. The summed E-state index contributed by atoms with van der Waals surface area (Å²) in [6.45, 7) is 2.55. The molecule has 14 heteroatoms. The molecule has 0 saturated carbocycles. The van der Waals surface area contributed by atoms with E-state index in [1.807, 2.05) is 0 Å². The zero-order chi connectivity index (χ0) is 31.4. The van der Waals surface area contributed by atoms with Crippen molar-refractivity contribution in [2.45, 2.75) is 104 Å². The van der Waals surface area contributed by atoms with E-state index in [-0.39, 0.29) is 36.5 Å². The molecule has 0 radical (unpaired) electrons. The average Bonchev–Trinajstić information content (AvgIpc) is 2.96. The topological polar surface area (TPSA) is 170 Å². The van der Waals surface area contributed by atoms with Crippen molar-refractivity contribution in [1.82, 2.24) is 0 Å². The zero-order valence-corrected chi connectivity index (χ0v) is 26.1. The van der Waals surface area contributed by atoms with Gasteiger partial charge in [0.1, 0.15) is 6.61 Å². The van der Waals surface area contributed by atoms with Gasteiger partial charge in [-0.05, 0) is 18.9 Å². The summed E-state index contributed by atoms with van der Waals surface area (Å²) in [7, 11) is -2.14. The predicted molar refractivity (Wildman–Crippen MR) is 154 cm³/mol. The van der Waals surface area contributed by atoms with Crippen molar-refractivity contribution >= 4 is 25.4 Å². The molecule has 1 unspecified atom stereocenters. The Balaban J connectivity index is 2.79. The van der Waals surface area contributed by atoms with Crippen molar-refractivity contribution < 1.29 is 52.0 Å². The standard InChI is InChI=1S/C28H46NO12P/c1-5-7-9-11-13-15-27(30)38-20-23(41-28(31)16-14-12-10-8-6-2)21-40-42(34,35)39-19-22-17-25(36-3)26(37-4)18-24(22)29(32)33/h17-18,23H,5-16,19-21H2,1-4H3,(H,34,35)/t23-/m1/s1. The molecule has 0 aromatic heterocycles. The molecule has 0 amide bonds. The predicted octanol–water partition coefficient (Wildman–Crippen LogP) is 6.42. The molecule has 0 aliphatic rings. The number of hydrogen-bond donors (Lipinski definition) is 1. The number of phosphoric ester groups is 1. The van der Waals surface area contributed by atoms with Crippen LogP contribution in [0.15, 0.2) is 12.1 Å². The number of hydrogen-bond acceptors (Lipinski definition) is 11. The van der Waals surface area contributed by atoms with E-state index in [4.69, 9.17) is 28.0 Å². The Morgan fingerprint density at radius 1 is 0.857 bits per heavy atom. The Labute approximate surface area is 247 Å². The molecule has 1 aromatic rings. The first-order valence-electron chi connectivity index (χ1n) is 14.4. The summed E-state index contributed by atoms with van der Waals surface area (Å²) in [5.41, 5.74) is -0.477. The molecule has 1 rings (SSSR count). The van der Waals surface area contributed by atoms with Gasteiger partial charge in [0.15, 0.2) is 17.6 Å². The Morgan fingerprint density at radius 2 is 1.40 bits per heavy atom. The second-order valence-electron chi connectivity index (χ2n) is 9.75. The van der Waals surface area contributed by atoms with Crippen LogP contribution in [0.25, 0.3) is 0 Å². The minimum Gasteiger partial charge on any atom is -0.493 e. The molecule has 0 spiro atoms. The highest BCUT2D eigenvalue weighted by molar-refractivity contribution is 7.47. The number of carbonyl (C=O) groups is 2. The van der Waals surface area contributed by atoms with E-state index in [0.717, 1.165) is 57.4 Å². The van der Waals surface area contributed by atoms with Crippen LogP contribution in [-0.4, -0.2) is 55.3 Å². The fraction of sp³-hybridized carbons (Fsp3) is 0.714. The molecule has 0 fully saturated rings. The van der Waals surface area contributed by atoms with Gasteiger partial charge in [0.2, 0.25) is 0 Å². The summed E-state index contributed by atoms with van der Waals surface area (Å²) in [5.74, 6) is -0.771. The number of methoxy groups -OCH3 is 2. The third kappa shape index (κ3) is 15.5. The quantitative estimate of drug-likeness (QED) is 0.0443. The van der Waals surface area contributed by atoms with E-state index in [1.165, 1.54) is 20.3 Å². The number of nitrogens with zero attached hydrogens (tertiary/aromatic N) is 1. The molecular formula is C28H46NO12P. The fourth-order valence-electron chi connectivity index (χ4n) is 3.93. The third-order valence-corrected chi connectivity index (χ3v) is 7.22. The van der Waals surface area contributed by atoms with Crippen LogP contribution in [0.3, 0.4) is 0 Å². The number of nitro benzene ring substituents is 1. The molecule has 0 heterocycles. The van der Waals surface area contributed by atoms with E-state index < -0.39 is 49.7 Å². The Morgan fingerprint density at radius 3 is 1.95 bits per heavy atom. The van der Waals surface area contributed by atoms with Crippen LogP contribution in [0, 0.1) is 10.1 Å². The molecule has 2 atom stereocenters. The zero-order valence-electron chi connectivity index (χ0n) is 25.2. The van der Waals surface area contributed by atoms with Crippen molar-refractivity contribution in [3.05, 3.63) is 27.8 Å². The molecule has 13 nitrogen and oxygen atoms in total. The lowest BCUT2D eigenvalue weighted by atomic mass is 10.1. The van der Waals surface area contributed by atoms with Crippen LogP contribution in [0.1, 0.15) is 96.5 Å². The summed E-state index contributed by atoms with van der Waals surface area (Å²) in [5, 5.41) is 11.5. The number of rotatable bonds is 24. The van der Waals surface area contributed by atoms with Crippen molar-refractivity contribution in [1.29, 1.82) is 0 Å². The number of unbranched alkanes of at least 4 members (excludes halogenated alkanes) is 8. The minimum atomic E-state index is -4.78. The highest BCUT2D eigenvalue weighted by Crippen LogP contribution is 2.45. The highest BCUT2D eigenvalue weighted by atomic mass is 31.2. The largest absolute Gasteiger partial charge is 0.493 e. The van der Waals surface area contributed by atoms with E-state index in [9.17, 15) is 29.2 Å². The van der Waals surface area contributed by atoms with Crippen molar-refractivity contribution in [3.63, 3.8) is 0 Å². The van der Waals surface area contributed by atoms with Crippen LogP contribution >= 0.6 is 7.82 Å². The summed E-state index contributed by atoms with van der Waals surface area (Å²) < 4.78 is 43.5. The van der Waals surface area contributed by atoms with Gasteiger partial charge >= 0.3 is 19.8 Å². The van der Waals surface area contributed by atoms with Gasteiger partial charge in [-0.3, -0.25) is 28.8 Å². The molecule has 0 saturated heterocycles. The first-order chi connectivity index (χ1) is 20.1. The van der Waals surface area contributed by atoms with Gasteiger partial charge in [0.05, 0.1) is 44.0 Å². The lowest BCUT2D eigenvalue weighted by Gasteiger charge is -2.20. The maximum absolute atomic E-state index is 12.6. The van der Waals surface area contributed by atoms with Crippen LogP contribution in [0.4, 0.5) is 5.69 Å². The summed E-state index contributed by atoms with van der Waals surface area (Å²) in [6, 6.07) is 2.36.